The SMILES string of the molecule is O=C(CSc1cc(C(F)(F)F)nc2ccccc12)NNC(=O)c1ccc(Cl)cc1. The van der Waals surface area contributed by atoms with Gasteiger partial charge in [0.1, 0.15) is 5.69 Å². The number of aromatic nitrogens is 1. The van der Waals surface area contributed by atoms with Crippen molar-refractivity contribution in [2.45, 2.75) is 11.1 Å². The van der Waals surface area contributed by atoms with Crippen molar-refractivity contribution in [1.29, 1.82) is 0 Å². The van der Waals surface area contributed by atoms with Gasteiger partial charge in [0, 0.05) is 20.9 Å². The number of hydrazine groups is 1. The molecule has 5 nitrogen and oxygen atoms in total. The average molecular weight is 440 g/mol. The molecular weight excluding hydrogens is 427 g/mol. The van der Waals surface area contributed by atoms with Crippen LogP contribution in [0.15, 0.2) is 59.5 Å². The molecule has 0 unspecified atom stereocenters. The highest BCUT2D eigenvalue weighted by Gasteiger charge is 2.33. The highest BCUT2D eigenvalue weighted by atomic mass is 35.5. The lowest BCUT2D eigenvalue weighted by atomic mass is 10.2. The van der Waals surface area contributed by atoms with Crippen LogP contribution in [0.4, 0.5) is 13.2 Å². The lowest BCUT2D eigenvalue weighted by molar-refractivity contribution is -0.141. The van der Waals surface area contributed by atoms with Gasteiger partial charge < -0.3 is 0 Å². The van der Waals surface area contributed by atoms with Crippen LogP contribution >= 0.6 is 23.4 Å². The smallest absolute Gasteiger partial charge is 0.272 e. The number of benzene rings is 2. The summed E-state index contributed by atoms with van der Waals surface area (Å²) in [6.45, 7) is 0. The molecule has 1 aromatic heterocycles. The number of nitrogens with zero attached hydrogens (tertiary/aromatic N) is 1. The summed E-state index contributed by atoms with van der Waals surface area (Å²) in [6, 6.07) is 13.3. The minimum Gasteiger partial charge on any atom is -0.272 e. The number of rotatable bonds is 4. The second-order valence-electron chi connectivity index (χ2n) is 5.82. The molecule has 150 valence electrons. The molecule has 0 aliphatic carbocycles. The Morgan fingerprint density at radius 3 is 2.41 bits per heavy atom. The quantitative estimate of drug-likeness (QED) is 0.465. The standard InChI is InChI=1S/C19H13ClF3N3O2S/c20-12-7-5-11(6-8-12)18(28)26-25-17(27)10-29-15-9-16(19(21,22)23)24-14-4-2-1-3-13(14)15/h1-9H,10H2,(H,25,27)(H,26,28). The first kappa shape index (κ1) is 20.9. The van der Waals surface area contributed by atoms with E-state index in [0.717, 1.165) is 17.8 Å². The maximum absolute atomic E-state index is 13.1. The lowest BCUT2D eigenvalue weighted by Crippen LogP contribution is -2.42. The zero-order chi connectivity index (χ0) is 21.0. The fraction of sp³-hybridized carbons (Fsp3) is 0.105. The van der Waals surface area contributed by atoms with Crippen LogP contribution in [-0.4, -0.2) is 22.6 Å². The number of hydrogen-bond acceptors (Lipinski definition) is 4. The molecule has 0 fully saturated rings. The van der Waals surface area contributed by atoms with E-state index < -0.39 is 23.7 Å². The van der Waals surface area contributed by atoms with Gasteiger partial charge in [-0.2, -0.15) is 13.2 Å². The zero-order valence-electron chi connectivity index (χ0n) is 14.6. The predicted molar refractivity (Wildman–Crippen MR) is 105 cm³/mol. The summed E-state index contributed by atoms with van der Waals surface area (Å²) < 4.78 is 39.3. The first-order valence-corrected chi connectivity index (χ1v) is 9.55. The average Bonchev–Trinajstić information content (AvgIpc) is 2.69. The Labute approximate surface area is 172 Å². The second kappa shape index (κ2) is 8.71. The van der Waals surface area contributed by atoms with Gasteiger partial charge in [0.05, 0.1) is 11.3 Å². The summed E-state index contributed by atoms with van der Waals surface area (Å²) in [6.07, 6.45) is -4.60. The van der Waals surface area contributed by atoms with E-state index in [1.807, 2.05) is 0 Å². The predicted octanol–water partition coefficient (Wildman–Crippen LogP) is 4.46. The number of carbonyl (C=O) groups excluding carboxylic acids is 2. The molecule has 2 aromatic carbocycles. The number of fused-ring (bicyclic) bond motifs is 1. The van der Waals surface area contributed by atoms with Crippen LogP contribution in [0, 0.1) is 0 Å². The van der Waals surface area contributed by atoms with Crippen molar-refractivity contribution in [3.63, 3.8) is 0 Å². The molecule has 1 heterocycles. The molecule has 29 heavy (non-hydrogen) atoms. The number of nitrogens with one attached hydrogen (secondary N) is 2. The van der Waals surface area contributed by atoms with Crippen molar-refractivity contribution in [1.82, 2.24) is 15.8 Å². The zero-order valence-corrected chi connectivity index (χ0v) is 16.2. The third-order valence-corrected chi connectivity index (χ3v) is 5.06. The van der Waals surface area contributed by atoms with E-state index >= 15 is 0 Å². The summed E-state index contributed by atoms with van der Waals surface area (Å²) in [7, 11) is 0. The molecular formula is C19H13ClF3N3O2S. The van der Waals surface area contributed by atoms with Gasteiger partial charge in [-0.25, -0.2) is 4.98 Å². The van der Waals surface area contributed by atoms with Crippen molar-refractivity contribution < 1.29 is 22.8 Å². The van der Waals surface area contributed by atoms with E-state index in [2.05, 4.69) is 15.8 Å². The van der Waals surface area contributed by atoms with Crippen molar-refractivity contribution in [2.75, 3.05) is 5.75 Å². The van der Waals surface area contributed by atoms with Gasteiger partial charge in [-0.1, -0.05) is 29.8 Å². The molecule has 10 heteroatoms. The highest BCUT2D eigenvalue weighted by molar-refractivity contribution is 8.00. The van der Waals surface area contributed by atoms with E-state index in [1.165, 1.54) is 30.3 Å². The normalized spacial score (nSPS) is 11.3. The summed E-state index contributed by atoms with van der Waals surface area (Å²) in [5.74, 6) is -1.33. The van der Waals surface area contributed by atoms with Gasteiger partial charge >= 0.3 is 6.18 Å². The Morgan fingerprint density at radius 1 is 1.03 bits per heavy atom. The Hall–Kier alpha value is -2.78. The van der Waals surface area contributed by atoms with Gasteiger partial charge in [0.15, 0.2) is 0 Å². The summed E-state index contributed by atoms with van der Waals surface area (Å²) >= 11 is 6.66. The number of halogens is 4. The molecule has 0 spiro atoms. The minimum atomic E-state index is -4.60. The number of alkyl halides is 3. The summed E-state index contributed by atoms with van der Waals surface area (Å²) in [5, 5.41) is 0.966. The fourth-order valence-electron chi connectivity index (χ4n) is 2.39. The van der Waals surface area contributed by atoms with Crippen molar-refractivity contribution in [2.24, 2.45) is 0 Å². The lowest BCUT2D eigenvalue weighted by Gasteiger charge is -2.12. The molecule has 0 bridgehead atoms. The van der Waals surface area contributed by atoms with Crippen molar-refractivity contribution >= 4 is 46.1 Å². The third-order valence-electron chi connectivity index (χ3n) is 3.75. The van der Waals surface area contributed by atoms with Crippen LogP contribution in [0.3, 0.4) is 0 Å². The topological polar surface area (TPSA) is 71.1 Å². The van der Waals surface area contributed by atoms with Gasteiger partial charge in [-0.15, -0.1) is 11.8 Å². The molecule has 2 N–H and O–H groups in total. The maximum atomic E-state index is 13.1. The summed E-state index contributed by atoms with van der Waals surface area (Å²) in [5.41, 5.74) is 3.91. The minimum absolute atomic E-state index is 0.182. The fourth-order valence-corrected chi connectivity index (χ4v) is 3.40. The molecule has 0 aliphatic heterocycles. The van der Waals surface area contributed by atoms with E-state index in [4.69, 9.17) is 11.6 Å². The molecule has 3 rings (SSSR count). The van der Waals surface area contributed by atoms with Crippen LogP contribution in [-0.2, 0) is 11.0 Å². The number of hydrogen-bond donors (Lipinski definition) is 2. The molecule has 0 saturated heterocycles. The molecule has 0 saturated carbocycles. The van der Waals surface area contributed by atoms with Crippen LogP contribution in [0.5, 0.6) is 0 Å². The number of carbonyl (C=O) groups is 2. The molecule has 0 atom stereocenters. The number of thioether (sulfide) groups is 1. The Morgan fingerprint density at radius 2 is 1.72 bits per heavy atom. The van der Waals surface area contributed by atoms with Gasteiger partial charge in [-0.05, 0) is 36.4 Å². The Balaban J connectivity index is 1.66. The monoisotopic (exact) mass is 439 g/mol. The Kier molecular flexibility index (Phi) is 6.29. The van der Waals surface area contributed by atoms with Crippen LogP contribution in [0.1, 0.15) is 16.1 Å². The van der Waals surface area contributed by atoms with Gasteiger partial charge in [0.25, 0.3) is 5.91 Å². The number of amides is 2. The van der Waals surface area contributed by atoms with E-state index in [-0.39, 0.29) is 21.7 Å². The molecule has 0 radical (unpaired) electrons. The van der Waals surface area contributed by atoms with Gasteiger partial charge in [-0.3, -0.25) is 20.4 Å². The highest BCUT2D eigenvalue weighted by Crippen LogP contribution is 2.34. The molecule has 0 aliphatic rings. The number of para-hydroxylation sites is 1. The first-order chi connectivity index (χ1) is 13.7. The van der Waals surface area contributed by atoms with E-state index in [9.17, 15) is 22.8 Å². The van der Waals surface area contributed by atoms with Crippen molar-refractivity contribution in [3.8, 4) is 0 Å². The van der Waals surface area contributed by atoms with E-state index in [1.54, 1.807) is 18.2 Å². The third kappa shape index (κ3) is 5.39. The van der Waals surface area contributed by atoms with Crippen LogP contribution in [0.25, 0.3) is 10.9 Å². The van der Waals surface area contributed by atoms with Crippen LogP contribution in [0.2, 0.25) is 5.02 Å². The van der Waals surface area contributed by atoms with Crippen molar-refractivity contribution in [3.05, 3.63) is 70.9 Å². The van der Waals surface area contributed by atoms with Gasteiger partial charge in [0.2, 0.25) is 5.91 Å². The molecule has 3 aromatic rings. The maximum Gasteiger partial charge on any atom is 0.433 e. The van der Waals surface area contributed by atoms with E-state index in [0.29, 0.717) is 10.4 Å². The largest absolute Gasteiger partial charge is 0.433 e. The second-order valence-corrected chi connectivity index (χ2v) is 7.27. The molecule has 2 amide bonds. The summed E-state index contributed by atoms with van der Waals surface area (Å²) in [4.78, 5) is 27.9. The Bertz CT molecular complexity index is 1060. The van der Waals surface area contributed by atoms with Crippen LogP contribution < -0.4 is 10.9 Å². The number of pyridine rings is 1. The first-order valence-electron chi connectivity index (χ1n) is 8.18.